The number of ketones is 1. The zero-order chi connectivity index (χ0) is 17.7. The molecule has 0 atom stereocenters. The van der Waals surface area contributed by atoms with Crippen LogP contribution in [0.1, 0.15) is 17.3 Å². The molecule has 1 fully saturated rings. The average Bonchev–Trinajstić information content (AvgIpc) is 2.95. The molecule has 1 aromatic carbocycles. The number of Topliss-reactive ketones (excluding diaryl/α,β-unsaturated/α-hetero) is 1. The van der Waals surface area contributed by atoms with E-state index in [1.54, 1.807) is 25.1 Å². The van der Waals surface area contributed by atoms with Crippen molar-refractivity contribution in [3.63, 3.8) is 0 Å². The number of imide groups is 1. The Kier molecular flexibility index (Phi) is 5.62. The minimum atomic E-state index is -0.691. The van der Waals surface area contributed by atoms with Crippen molar-refractivity contribution < 1.29 is 28.6 Å². The summed E-state index contributed by atoms with van der Waals surface area (Å²) < 4.78 is 15.1. The Hall–Kier alpha value is -2.77. The molecule has 24 heavy (non-hydrogen) atoms. The first kappa shape index (κ1) is 17.6. The van der Waals surface area contributed by atoms with Crippen molar-refractivity contribution in [3.8, 4) is 11.5 Å². The van der Waals surface area contributed by atoms with Crippen molar-refractivity contribution in [3.05, 3.63) is 23.8 Å². The summed E-state index contributed by atoms with van der Waals surface area (Å²) in [5.74, 6) is 0.694. The fraction of sp³-hybridized carbons (Fsp3) is 0.438. The minimum Gasteiger partial charge on any atom is -0.493 e. The highest BCUT2D eigenvalue weighted by atomic mass is 16.6. The molecule has 1 saturated heterocycles. The van der Waals surface area contributed by atoms with Gasteiger partial charge in [0.25, 0.3) is 0 Å². The van der Waals surface area contributed by atoms with Gasteiger partial charge in [-0.2, -0.15) is 0 Å². The zero-order valence-corrected chi connectivity index (χ0v) is 13.9. The van der Waals surface area contributed by atoms with E-state index in [-0.39, 0.29) is 32.0 Å². The molecule has 1 aromatic rings. The second-order valence-corrected chi connectivity index (χ2v) is 5.05. The van der Waals surface area contributed by atoms with Crippen LogP contribution in [0.5, 0.6) is 11.5 Å². The SMILES string of the molecule is CCOC(=O)N1CCN(CC(=O)c2ccc(OC)c(OC)c2)C1=O. The molecule has 0 aliphatic carbocycles. The summed E-state index contributed by atoms with van der Waals surface area (Å²) in [4.78, 5) is 38.5. The van der Waals surface area contributed by atoms with Crippen molar-refractivity contribution in [1.29, 1.82) is 0 Å². The van der Waals surface area contributed by atoms with Crippen molar-refractivity contribution in [1.82, 2.24) is 9.80 Å². The Morgan fingerprint density at radius 2 is 1.83 bits per heavy atom. The number of rotatable bonds is 6. The Morgan fingerprint density at radius 3 is 2.46 bits per heavy atom. The van der Waals surface area contributed by atoms with Crippen molar-refractivity contribution in [2.24, 2.45) is 0 Å². The number of hydrogen-bond acceptors (Lipinski definition) is 6. The maximum absolute atomic E-state index is 12.4. The highest BCUT2D eigenvalue weighted by Crippen LogP contribution is 2.27. The Bertz CT molecular complexity index is 645. The molecule has 2 rings (SSSR count). The van der Waals surface area contributed by atoms with E-state index in [1.165, 1.54) is 19.1 Å². The van der Waals surface area contributed by atoms with Crippen LogP contribution in [-0.4, -0.2) is 68.2 Å². The monoisotopic (exact) mass is 336 g/mol. The molecule has 3 amide bonds. The second kappa shape index (κ2) is 7.67. The topological polar surface area (TPSA) is 85.4 Å². The Morgan fingerprint density at radius 1 is 1.12 bits per heavy atom. The van der Waals surface area contributed by atoms with Crippen LogP contribution >= 0.6 is 0 Å². The molecule has 1 aliphatic heterocycles. The molecule has 1 aliphatic rings. The van der Waals surface area contributed by atoms with Crippen molar-refractivity contribution in [2.75, 3.05) is 40.5 Å². The summed E-state index contributed by atoms with van der Waals surface area (Å²) >= 11 is 0. The zero-order valence-electron chi connectivity index (χ0n) is 13.9. The van der Waals surface area contributed by atoms with Gasteiger partial charge in [0.1, 0.15) is 0 Å². The van der Waals surface area contributed by atoms with Crippen LogP contribution in [0, 0.1) is 0 Å². The number of benzene rings is 1. The van der Waals surface area contributed by atoms with E-state index in [0.29, 0.717) is 17.1 Å². The number of methoxy groups -OCH3 is 2. The fourth-order valence-electron chi connectivity index (χ4n) is 2.37. The van der Waals surface area contributed by atoms with Gasteiger partial charge < -0.3 is 19.1 Å². The predicted octanol–water partition coefficient (Wildman–Crippen LogP) is 1.78. The van der Waals surface area contributed by atoms with Gasteiger partial charge in [0.2, 0.25) is 0 Å². The van der Waals surface area contributed by atoms with Crippen LogP contribution in [0.2, 0.25) is 0 Å². The normalized spacial score (nSPS) is 13.9. The predicted molar refractivity (Wildman–Crippen MR) is 84.6 cm³/mol. The van der Waals surface area contributed by atoms with Gasteiger partial charge in [-0.1, -0.05) is 0 Å². The standard InChI is InChI=1S/C16H20N2O6/c1-4-24-16(21)18-8-7-17(15(18)20)10-12(19)11-5-6-13(22-2)14(9-11)23-3/h5-6,9H,4,7-8,10H2,1-3H3. The molecule has 0 saturated carbocycles. The molecule has 0 bridgehead atoms. The van der Waals surface area contributed by atoms with Gasteiger partial charge in [0, 0.05) is 12.1 Å². The average molecular weight is 336 g/mol. The first-order valence-electron chi connectivity index (χ1n) is 7.50. The third kappa shape index (κ3) is 3.58. The number of hydrogen-bond donors (Lipinski definition) is 0. The van der Waals surface area contributed by atoms with Gasteiger partial charge in [-0.15, -0.1) is 0 Å². The van der Waals surface area contributed by atoms with Gasteiger partial charge in [-0.05, 0) is 25.1 Å². The lowest BCUT2D eigenvalue weighted by Gasteiger charge is -2.16. The second-order valence-electron chi connectivity index (χ2n) is 5.05. The summed E-state index contributed by atoms with van der Waals surface area (Å²) in [5, 5.41) is 0. The van der Waals surface area contributed by atoms with Gasteiger partial charge >= 0.3 is 12.1 Å². The summed E-state index contributed by atoms with van der Waals surface area (Å²) in [5.41, 5.74) is 0.398. The summed E-state index contributed by atoms with van der Waals surface area (Å²) in [7, 11) is 2.99. The van der Waals surface area contributed by atoms with E-state index in [9.17, 15) is 14.4 Å². The molecule has 130 valence electrons. The van der Waals surface area contributed by atoms with Crippen LogP contribution in [0.25, 0.3) is 0 Å². The molecule has 1 heterocycles. The maximum atomic E-state index is 12.4. The summed E-state index contributed by atoms with van der Waals surface area (Å²) in [6.45, 7) is 2.22. The molecular formula is C16H20N2O6. The quantitative estimate of drug-likeness (QED) is 0.736. The smallest absolute Gasteiger partial charge is 0.418 e. The highest BCUT2D eigenvalue weighted by Gasteiger charge is 2.35. The van der Waals surface area contributed by atoms with Crippen LogP contribution in [0.15, 0.2) is 18.2 Å². The van der Waals surface area contributed by atoms with Crippen molar-refractivity contribution in [2.45, 2.75) is 6.92 Å². The molecule has 0 N–H and O–H groups in total. The number of carbonyl (C=O) groups is 3. The molecule has 0 aromatic heterocycles. The molecule has 0 spiro atoms. The van der Waals surface area contributed by atoms with Gasteiger partial charge in [0.05, 0.1) is 33.9 Å². The van der Waals surface area contributed by atoms with Crippen molar-refractivity contribution >= 4 is 17.9 Å². The van der Waals surface area contributed by atoms with Gasteiger partial charge in [0.15, 0.2) is 17.3 Å². The maximum Gasteiger partial charge on any atom is 0.418 e. The van der Waals surface area contributed by atoms with E-state index < -0.39 is 12.1 Å². The third-order valence-corrected chi connectivity index (χ3v) is 3.62. The molecule has 0 radical (unpaired) electrons. The molecule has 8 heteroatoms. The van der Waals surface area contributed by atoms with Crippen LogP contribution in [0.4, 0.5) is 9.59 Å². The molecular weight excluding hydrogens is 316 g/mol. The minimum absolute atomic E-state index is 0.121. The van der Waals surface area contributed by atoms with E-state index in [0.717, 1.165) is 4.90 Å². The van der Waals surface area contributed by atoms with E-state index in [2.05, 4.69) is 0 Å². The van der Waals surface area contributed by atoms with E-state index in [1.807, 2.05) is 0 Å². The Labute approximate surface area is 139 Å². The number of nitrogens with zero attached hydrogens (tertiary/aromatic N) is 2. The van der Waals surface area contributed by atoms with E-state index >= 15 is 0 Å². The van der Waals surface area contributed by atoms with Crippen LogP contribution in [-0.2, 0) is 4.74 Å². The van der Waals surface area contributed by atoms with Gasteiger partial charge in [-0.25, -0.2) is 14.5 Å². The first-order valence-corrected chi connectivity index (χ1v) is 7.50. The lowest BCUT2D eigenvalue weighted by molar-refractivity contribution is 0.0943. The van der Waals surface area contributed by atoms with E-state index in [4.69, 9.17) is 14.2 Å². The Balaban J connectivity index is 2.05. The molecule has 0 unspecified atom stereocenters. The largest absolute Gasteiger partial charge is 0.493 e. The highest BCUT2D eigenvalue weighted by molar-refractivity contribution is 6.01. The number of urea groups is 1. The number of carbonyl (C=O) groups excluding carboxylic acids is 3. The van der Waals surface area contributed by atoms with Crippen LogP contribution < -0.4 is 9.47 Å². The lowest BCUT2D eigenvalue weighted by Crippen LogP contribution is -2.38. The summed E-state index contributed by atoms with van der Waals surface area (Å²) in [6.07, 6.45) is -0.691. The number of ether oxygens (including phenoxy) is 3. The first-order chi connectivity index (χ1) is 11.5. The number of amides is 3. The summed E-state index contributed by atoms with van der Waals surface area (Å²) in [6, 6.07) is 4.27. The van der Waals surface area contributed by atoms with Crippen LogP contribution in [0.3, 0.4) is 0 Å². The molecule has 8 nitrogen and oxygen atoms in total. The fourth-order valence-corrected chi connectivity index (χ4v) is 2.37. The van der Waals surface area contributed by atoms with Gasteiger partial charge in [-0.3, -0.25) is 4.79 Å². The third-order valence-electron chi connectivity index (χ3n) is 3.62. The lowest BCUT2D eigenvalue weighted by atomic mass is 10.1.